The van der Waals surface area contributed by atoms with E-state index in [1.54, 1.807) is 0 Å². The lowest BCUT2D eigenvalue weighted by Crippen LogP contribution is -2.16. The second-order valence-corrected chi connectivity index (χ2v) is 2.43. The van der Waals surface area contributed by atoms with Crippen molar-refractivity contribution in [1.29, 1.82) is 0 Å². The first-order valence-corrected chi connectivity index (χ1v) is 4.02. The highest BCUT2D eigenvalue weighted by atomic mass is 79.9. The first-order chi connectivity index (χ1) is 4.26. The predicted octanol–water partition coefficient (Wildman–Crippen LogP) is 1.58. The van der Waals surface area contributed by atoms with Crippen LogP contribution in [0.3, 0.4) is 0 Å². The van der Waals surface area contributed by atoms with Gasteiger partial charge in [0.25, 0.3) is 0 Å². The largest absolute Gasteiger partial charge is 0.469 e. The molecule has 0 aliphatic heterocycles. The molecule has 0 radical (unpaired) electrons. The van der Waals surface area contributed by atoms with Gasteiger partial charge in [-0.15, -0.1) is 0 Å². The van der Waals surface area contributed by atoms with E-state index in [-0.39, 0.29) is 11.9 Å². The molecule has 0 spiro atoms. The predicted molar refractivity (Wildman–Crippen MR) is 39.6 cm³/mol. The Morgan fingerprint density at radius 3 is 2.44 bits per heavy atom. The van der Waals surface area contributed by atoms with Crippen LogP contribution in [0.2, 0.25) is 0 Å². The number of hydrogen-bond acceptors (Lipinski definition) is 2. The van der Waals surface area contributed by atoms with Gasteiger partial charge in [-0.2, -0.15) is 0 Å². The molecule has 2 nitrogen and oxygen atoms in total. The monoisotopic (exact) mass is 194 g/mol. The van der Waals surface area contributed by atoms with Crippen molar-refractivity contribution in [3.05, 3.63) is 0 Å². The molecule has 9 heavy (non-hydrogen) atoms. The van der Waals surface area contributed by atoms with E-state index in [4.69, 9.17) is 0 Å². The summed E-state index contributed by atoms with van der Waals surface area (Å²) in [4.78, 5) is 10.7. The number of carbonyl (C=O) groups is 1. The number of carbonyl (C=O) groups excluding carboxylic acids is 1. The summed E-state index contributed by atoms with van der Waals surface area (Å²) in [5, 5.41) is 0.691. The minimum atomic E-state index is -0.130. The first-order valence-electron chi connectivity index (χ1n) is 2.90. The molecule has 3 heteroatoms. The van der Waals surface area contributed by atoms with Crippen LogP contribution < -0.4 is 0 Å². The SMILES string of the molecule is CC[C@H](CBr)C(=O)OC. The molecule has 0 fully saturated rings. The van der Waals surface area contributed by atoms with Crippen LogP contribution in [-0.2, 0) is 9.53 Å². The van der Waals surface area contributed by atoms with E-state index in [0.717, 1.165) is 6.42 Å². The molecule has 0 saturated heterocycles. The van der Waals surface area contributed by atoms with E-state index in [1.165, 1.54) is 7.11 Å². The number of rotatable bonds is 3. The van der Waals surface area contributed by atoms with Crippen LogP contribution in [-0.4, -0.2) is 18.4 Å². The van der Waals surface area contributed by atoms with Gasteiger partial charge in [0.1, 0.15) is 0 Å². The van der Waals surface area contributed by atoms with Crippen molar-refractivity contribution in [2.24, 2.45) is 5.92 Å². The molecule has 0 saturated carbocycles. The van der Waals surface area contributed by atoms with Gasteiger partial charge in [-0.25, -0.2) is 0 Å². The average molecular weight is 195 g/mol. The molecule has 0 unspecified atom stereocenters. The Morgan fingerprint density at radius 1 is 1.78 bits per heavy atom. The third kappa shape index (κ3) is 2.84. The second kappa shape index (κ2) is 4.79. The quantitative estimate of drug-likeness (QED) is 0.504. The van der Waals surface area contributed by atoms with Gasteiger partial charge >= 0.3 is 5.97 Å². The van der Waals surface area contributed by atoms with Crippen LogP contribution in [0, 0.1) is 5.92 Å². The molecule has 0 bridgehead atoms. The zero-order valence-electron chi connectivity index (χ0n) is 5.69. The Hall–Kier alpha value is -0.0500. The van der Waals surface area contributed by atoms with E-state index in [9.17, 15) is 4.79 Å². The van der Waals surface area contributed by atoms with Crippen LogP contribution >= 0.6 is 15.9 Å². The molecule has 0 aliphatic carbocycles. The summed E-state index contributed by atoms with van der Waals surface area (Å²) < 4.78 is 4.53. The molecule has 0 N–H and O–H groups in total. The molecule has 0 rings (SSSR count). The first kappa shape index (κ1) is 8.95. The van der Waals surface area contributed by atoms with Gasteiger partial charge in [0, 0.05) is 5.33 Å². The normalized spacial score (nSPS) is 12.8. The standard InChI is InChI=1S/C6H11BrO2/c1-3-5(4-7)6(8)9-2/h5H,3-4H2,1-2H3/t5-/m1/s1. The maximum absolute atomic E-state index is 10.7. The van der Waals surface area contributed by atoms with E-state index < -0.39 is 0 Å². The van der Waals surface area contributed by atoms with Crippen LogP contribution in [0.5, 0.6) is 0 Å². The average Bonchev–Trinajstić information content (AvgIpc) is 1.90. The summed E-state index contributed by atoms with van der Waals surface area (Å²) in [5.74, 6) is -0.107. The van der Waals surface area contributed by atoms with Gasteiger partial charge in [-0.1, -0.05) is 22.9 Å². The molecule has 0 amide bonds. The zero-order chi connectivity index (χ0) is 7.28. The lowest BCUT2D eigenvalue weighted by atomic mass is 10.1. The maximum Gasteiger partial charge on any atom is 0.309 e. The van der Waals surface area contributed by atoms with Crippen molar-refractivity contribution in [2.75, 3.05) is 12.4 Å². The number of ether oxygens (including phenoxy) is 1. The van der Waals surface area contributed by atoms with Gasteiger partial charge < -0.3 is 4.74 Å². The van der Waals surface area contributed by atoms with Crippen molar-refractivity contribution < 1.29 is 9.53 Å². The molecular weight excluding hydrogens is 184 g/mol. The highest BCUT2D eigenvalue weighted by molar-refractivity contribution is 9.09. The number of methoxy groups -OCH3 is 1. The molecule has 0 aromatic carbocycles. The van der Waals surface area contributed by atoms with Crippen LogP contribution in [0.4, 0.5) is 0 Å². The zero-order valence-corrected chi connectivity index (χ0v) is 7.27. The topological polar surface area (TPSA) is 26.3 Å². The van der Waals surface area contributed by atoms with Crippen LogP contribution in [0.15, 0.2) is 0 Å². The smallest absolute Gasteiger partial charge is 0.309 e. The van der Waals surface area contributed by atoms with Gasteiger partial charge in [0.15, 0.2) is 0 Å². The summed E-state index contributed by atoms with van der Waals surface area (Å²) >= 11 is 3.22. The molecule has 0 aliphatic rings. The van der Waals surface area contributed by atoms with Gasteiger partial charge in [-0.3, -0.25) is 4.79 Å². The Morgan fingerprint density at radius 2 is 2.33 bits per heavy atom. The van der Waals surface area contributed by atoms with Crippen molar-refractivity contribution in [3.8, 4) is 0 Å². The number of alkyl halides is 1. The van der Waals surface area contributed by atoms with Crippen molar-refractivity contribution in [2.45, 2.75) is 13.3 Å². The Balaban J connectivity index is 3.64. The van der Waals surface area contributed by atoms with E-state index >= 15 is 0 Å². The highest BCUT2D eigenvalue weighted by Crippen LogP contribution is 2.07. The van der Waals surface area contributed by atoms with E-state index in [2.05, 4.69) is 20.7 Å². The van der Waals surface area contributed by atoms with Crippen molar-refractivity contribution in [1.82, 2.24) is 0 Å². The van der Waals surface area contributed by atoms with Crippen LogP contribution in [0.25, 0.3) is 0 Å². The molecular formula is C6H11BrO2. The summed E-state index contributed by atoms with van der Waals surface area (Å²) in [6, 6.07) is 0. The van der Waals surface area contributed by atoms with Gasteiger partial charge in [0.05, 0.1) is 13.0 Å². The molecule has 0 aromatic heterocycles. The summed E-state index contributed by atoms with van der Waals surface area (Å²) in [7, 11) is 1.41. The Kier molecular flexibility index (Phi) is 4.77. The fourth-order valence-corrected chi connectivity index (χ4v) is 1.23. The molecule has 54 valence electrons. The number of hydrogen-bond donors (Lipinski definition) is 0. The minimum absolute atomic E-state index is 0.0231. The molecule has 0 aromatic rings. The van der Waals surface area contributed by atoms with Crippen LogP contribution in [0.1, 0.15) is 13.3 Å². The highest BCUT2D eigenvalue weighted by Gasteiger charge is 2.13. The number of esters is 1. The third-order valence-corrected chi connectivity index (χ3v) is 2.00. The van der Waals surface area contributed by atoms with Gasteiger partial charge in [-0.05, 0) is 6.42 Å². The van der Waals surface area contributed by atoms with E-state index in [1.807, 2.05) is 6.92 Å². The summed E-state index contributed by atoms with van der Waals surface area (Å²) in [6.45, 7) is 1.96. The fourth-order valence-electron chi connectivity index (χ4n) is 0.505. The fraction of sp³-hybridized carbons (Fsp3) is 0.833. The minimum Gasteiger partial charge on any atom is -0.469 e. The molecule has 0 heterocycles. The number of halogens is 1. The van der Waals surface area contributed by atoms with Gasteiger partial charge in [0.2, 0.25) is 0 Å². The summed E-state index contributed by atoms with van der Waals surface area (Å²) in [6.07, 6.45) is 0.831. The lowest BCUT2D eigenvalue weighted by Gasteiger charge is -2.06. The Labute approximate surface area is 63.7 Å². The lowest BCUT2D eigenvalue weighted by molar-refractivity contribution is -0.144. The maximum atomic E-state index is 10.7. The summed E-state index contributed by atoms with van der Waals surface area (Å²) in [5.41, 5.74) is 0. The van der Waals surface area contributed by atoms with Crippen molar-refractivity contribution in [3.63, 3.8) is 0 Å². The van der Waals surface area contributed by atoms with E-state index in [0.29, 0.717) is 5.33 Å². The Bertz CT molecular complexity index is 89.1. The second-order valence-electron chi connectivity index (χ2n) is 1.78. The third-order valence-electron chi connectivity index (χ3n) is 1.21. The van der Waals surface area contributed by atoms with Crippen molar-refractivity contribution >= 4 is 21.9 Å². The molecule has 1 atom stereocenters.